The van der Waals surface area contributed by atoms with Gasteiger partial charge in [0.15, 0.2) is 0 Å². The summed E-state index contributed by atoms with van der Waals surface area (Å²) in [6.07, 6.45) is 3.20. The Morgan fingerprint density at radius 2 is 1.70 bits per heavy atom. The number of nitrogens with one attached hydrogen (secondary N) is 1. The van der Waals surface area contributed by atoms with Gasteiger partial charge in [-0.1, -0.05) is 0 Å². The van der Waals surface area contributed by atoms with Crippen LogP contribution in [0.25, 0.3) is 0 Å². The van der Waals surface area contributed by atoms with E-state index in [1.807, 2.05) is 25.7 Å². The van der Waals surface area contributed by atoms with Crippen molar-refractivity contribution in [3.8, 4) is 0 Å². The number of rotatable bonds is 2. The van der Waals surface area contributed by atoms with Crippen LogP contribution in [0, 0.1) is 0 Å². The zero-order valence-electron chi connectivity index (χ0n) is 12.7. The lowest BCUT2D eigenvalue weighted by atomic mass is 10.1. The van der Waals surface area contributed by atoms with Gasteiger partial charge in [0.2, 0.25) is 5.95 Å². The Morgan fingerprint density at radius 3 is 2.20 bits per heavy atom. The van der Waals surface area contributed by atoms with Gasteiger partial charge in [-0.2, -0.15) is 0 Å². The lowest BCUT2D eigenvalue weighted by Gasteiger charge is -2.32. The zero-order chi connectivity index (χ0) is 14.8. The fraction of sp³-hybridized carbons (Fsp3) is 0.643. The number of carbonyl (C=O) groups is 1. The van der Waals surface area contributed by atoms with Gasteiger partial charge in [-0.15, -0.1) is 0 Å². The molecule has 0 aromatic carbocycles. The Morgan fingerprint density at radius 1 is 1.15 bits per heavy atom. The van der Waals surface area contributed by atoms with Gasteiger partial charge in [0.1, 0.15) is 0 Å². The smallest absolute Gasteiger partial charge is 0.257 e. The van der Waals surface area contributed by atoms with Gasteiger partial charge in [0.05, 0.1) is 5.56 Å². The van der Waals surface area contributed by atoms with Crippen LogP contribution in [0.2, 0.25) is 0 Å². The Labute approximate surface area is 120 Å². The average Bonchev–Trinajstić information content (AvgIpc) is 2.38. The van der Waals surface area contributed by atoms with E-state index in [4.69, 9.17) is 0 Å². The summed E-state index contributed by atoms with van der Waals surface area (Å²) in [5.41, 5.74) is 0.456. The summed E-state index contributed by atoms with van der Waals surface area (Å²) in [7, 11) is 2.07. The van der Waals surface area contributed by atoms with E-state index in [2.05, 4.69) is 27.2 Å². The van der Waals surface area contributed by atoms with Gasteiger partial charge < -0.3 is 15.1 Å². The van der Waals surface area contributed by atoms with Crippen molar-refractivity contribution in [1.29, 1.82) is 0 Å². The molecule has 0 unspecified atom stereocenters. The number of aromatic nitrogens is 2. The number of likely N-dealkylation sites (N-methyl/N-ethyl adjacent to an activating group) is 1. The van der Waals surface area contributed by atoms with Gasteiger partial charge in [-0.3, -0.25) is 4.79 Å². The van der Waals surface area contributed by atoms with E-state index in [1.165, 1.54) is 0 Å². The van der Waals surface area contributed by atoms with Crippen LogP contribution in [-0.4, -0.2) is 64.4 Å². The molecule has 1 amide bonds. The second-order valence-corrected chi connectivity index (χ2v) is 6.27. The van der Waals surface area contributed by atoms with Crippen LogP contribution >= 0.6 is 0 Å². The molecular weight excluding hydrogens is 254 g/mol. The lowest BCUT2D eigenvalue weighted by molar-refractivity contribution is 0.0663. The molecule has 1 aromatic heterocycles. The molecule has 110 valence electrons. The molecular formula is C14H23N5O. The molecule has 0 spiro atoms. The van der Waals surface area contributed by atoms with E-state index in [1.54, 1.807) is 12.4 Å². The van der Waals surface area contributed by atoms with Crippen LogP contribution in [-0.2, 0) is 0 Å². The molecule has 0 saturated carbocycles. The van der Waals surface area contributed by atoms with E-state index in [-0.39, 0.29) is 11.4 Å². The van der Waals surface area contributed by atoms with Crippen molar-refractivity contribution >= 4 is 11.9 Å². The minimum absolute atomic E-state index is 0.0143. The fourth-order valence-corrected chi connectivity index (χ4v) is 2.03. The monoisotopic (exact) mass is 277 g/mol. The normalized spacial score (nSPS) is 17.1. The number of hydrogen-bond acceptors (Lipinski definition) is 5. The first-order chi connectivity index (χ1) is 9.35. The average molecular weight is 277 g/mol. The van der Waals surface area contributed by atoms with Crippen LogP contribution in [0.4, 0.5) is 5.95 Å². The van der Waals surface area contributed by atoms with Crippen molar-refractivity contribution in [2.75, 3.05) is 38.5 Å². The first kappa shape index (κ1) is 14.7. The molecule has 1 aliphatic rings. The largest absolute Gasteiger partial charge is 0.350 e. The van der Waals surface area contributed by atoms with Crippen molar-refractivity contribution in [2.45, 2.75) is 26.3 Å². The topological polar surface area (TPSA) is 61.4 Å². The second kappa shape index (κ2) is 5.75. The van der Waals surface area contributed by atoms with Crippen LogP contribution in [0.15, 0.2) is 12.4 Å². The molecule has 0 aliphatic carbocycles. The van der Waals surface area contributed by atoms with Crippen molar-refractivity contribution in [3.63, 3.8) is 0 Å². The third-order valence-electron chi connectivity index (χ3n) is 3.18. The highest BCUT2D eigenvalue weighted by molar-refractivity contribution is 5.93. The van der Waals surface area contributed by atoms with Gasteiger partial charge in [-0.25, -0.2) is 9.97 Å². The maximum atomic E-state index is 12.3. The summed E-state index contributed by atoms with van der Waals surface area (Å²) >= 11 is 0. The second-order valence-electron chi connectivity index (χ2n) is 6.27. The molecule has 1 aromatic rings. The molecule has 1 aliphatic heterocycles. The van der Waals surface area contributed by atoms with E-state index in [0.29, 0.717) is 11.5 Å². The van der Waals surface area contributed by atoms with Crippen LogP contribution in [0.3, 0.4) is 0 Å². The van der Waals surface area contributed by atoms with Crippen LogP contribution in [0.5, 0.6) is 0 Å². The molecule has 2 heterocycles. The maximum absolute atomic E-state index is 12.3. The SMILES string of the molecule is CN1CCN(C(=O)c2cnc(NC(C)(C)C)nc2)CC1. The summed E-state index contributed by atoms with van der Waals surface area (Å²) in [5.74, 6) is 0.563. The maximum Gasteiger partial charge on any atom is 0.257 e. The highest BCUT2D eigenvalue weighted by atomic mass is 16.2. The van der Waals surface area contributed by atoms with Crippen molar-refractivity contribution in [3.05, 3.63) is 18.0 Å². The Balaban J connectivity index is 2.00. The number of anilines is 1. The third-order valence-corrected chi connectivity index (χ3v) is 3.18. The fourth-order valence-electron chi connectivity index (χ4n) is 2.03. The molecule has 20 heavy (non-hydrogen) atoms. The van der Waals surface area contributed by atoms with Crippen LogP contribution in [0.1, 0.15) is 31.1 Å². The lowest BCUT2D eigenvalue weighted by Crippen LogP contribution is -2.47. The summed E-state index contributed by atoms with van der Waals surface area (Å²) in [4.78, 5) is 24.8. The predicted molar refractivity (Wildman–Crippen MR) is 78.8 cm³/mol. The van der Waals surface area contributed by atoms with E-state index in [9.17, 15) is 4.79 Å². The molecule has 0 bridgehead atoms. The predicted octanol–water partition coefficient (Wildman–Crippen LogP) is 1.07. The van der Waals surface area contributed by atoms with Gasteiger partial charge in [0.25, 0.3) is 5.91 Å². The minimum atomic E-state index is -0.0943. The zero-order valence-corrected chi connectivity index (χ0v) is 12.7. The Bertz CT molecular complexity index is 457. The van der Waals surface area contributed by atoms with Crippen molar-refractivity contribution in [2.24, 2.45) is 0 Å². The Kier molecular flexibility index (Phi) is 4.23. The quantitative estimate of drug-likeness (QED) is 0.876. The van der Waals surface area contributed by atoms with Gasteiger partial charge in [-0.05, 0) is 27.8 Å². The summed E-state index contributed by atoms with van der Waals surface area (Å²) < 4.78 is 0. The highest BCUT2D eigenvalue weighted by Gasteiger charge is 2.21. The Hall–Kier alpha value is -1.69. The standard InChI is InChI=1S/C14H23N5O/c1-14(2,3)17-13-15-9-11(10-16-13)12(20)19-7-5-18(4)6-8-19/h9-10H,5-8H2,1-4H3,(H,15,16,17). The van der Waals surface area contributed by atoms with Crippen LogP contribution < -0.4 is 5.32 Å². The third kappa shape index (κ3) is 3.90. The molecule has 1 fully saturated rings. The molecule has 1 saturated heterocycles. The molecule has 6 nitrogen and oxygen atoms in total. The van der Waals surface area contributed by atoms with Gasteiger partial charge >= 0.3 is 0 Å². The molecule has 6 heteroatoms. The summed E-state index contributed by atoms with van der Waals surface area (Å²) in [6.45, 7) is 9.47. The van der Waals surface area contributed by atoms with E-state index < -0.39 is 0 Å². The molecule has 0 atom stereocenters. The minimum Gasteiger partial charge on any atom is -0.350 e. The van der Waals surface area contributed by atoms with Crippen molar-refractivity contribution < 1.29 is 4.79 Å². The summed E-state index contributed by atoms with van der Waals surface area (Å²) in [6, 6.07) is 0. The molecule has 2 rings (SSSR count). The van der Waals surface area contributed by atoms with Gasteiger partial charge in [0, 0.05) is 44.1 Å². The number of nitrogens with zero attached hydrogens (tertiary/aromatic N) is 4. The summed E-state index contributed by atoms with van der Waals surface area (Å²) in [5, 5.41) is 3.18. The van der Waals surface area contributed by atoms with E-state index >= 15 is 0 Å². The molecule has 1 N–H and O–H groups in total. The molecule has 0 radical (unpaired) electrons. The van der Waals surface area contributed by atoms with E-state index in [0.717, 1.165) is 26.2 Å². The first-order valence-corrected chi connectivity index (χ1v) is 6.93. The number of hydrogen-bond donors (Lipinski definition) is 1. The number of amides is 1. The number of carbonyl (C=O) groups excluding carboxylic acids is 1. The highest BCUT2D eigenvalue weighted by Crippen LogP contribution is 2.11. The first-order valence-electron chi connectivity index (χ1n) is 6.93. The van der Waals surface area contributed by atoms with Crippen molar-refractivity contribution in [1.82, 2.24) is 19.8 Å². The number of piperazine rings is 1.